The predicted octanol–water partition coefficient (Wildman–Crippen LogP) is 0.529. The molecule has 0 aromatic carbocycles. The minimum Gasteiger partial charge on any atom is -0.481 e. The molecule has 0 saturated heterocycles. The number of carboxylic acid groups (broad SMARTS) is 1. The number of hydrogen-bond acceptors (Lipinski definition) is 3. The molecule has 0 aliphatic rings. The van der Waals surface area contributed by atoms with Gasteiger partial charge < -0.3 is 10.0 Å². The van der Waals surface area contributed by atoms with E-state index in [1.165, 1.54) is 4.90 Å². The number of amides is 1. The van der Waals surface area contributed by atoms with Crippen molar-refractivity contribution in [2.24, 2.45) is 7.05 Å². The minimum atomic E-state index is -0.911. The van der Waals surface area contributed by atoms with Gasteiger partial charge >= 0.3 is 5.97 Å². The van der Waals surface area contributed by atoms with E-state index >= 15 is 0 Å². The summed E-state index contributed by atoms with van der Waals surface area (Å²) in [7, 11) is 3.35. The molecule has 1 rings (SSSR count). The summed E-state index contributed by atoms with van der Waals surface area (Å²) in [4.78, 5) is 23.9. The van der Waals surface area contributed by atoms with Crippen LogP contribution in [0.5, 0.6) is 0 Å². The zero-order chi connectivity index (χ0) is 13.0. The van der Waals surface area contributed by atoms with Crippen LogP contribution in [0.15, 0.2) is 6.20 Å². The van der Waals surface area contributed by atoms with Crippen molar-refractivity contribution in [1.82, 2.24) is 14.7 Å². The lowest BCUT2D eigenvalue weighted by molar-refractivity contribution is -0.137. The SMILES string of the molecule is CCc1nn(C)cc1C(=O)N(C)CCC(=O)O. The molecule has 0 bridgehead atoms. The van der Waals surface area contributed by atoms with Gasteiger partial charge in [-0.25, -0.2) is 0 Å². The number of nitrogens with zero attached hydrogens (tertiary/aromatic N) is 3. The number of rotatable bonds is 5. The van der Waals surface area contributed by atoms with Gasteiger partial charge in [-0.2, -0.15) is 5.10 Å². The van der Waals surface area contributed by atoms with Gasteiger partial charge in [0.1, 0.15) is 0 Å². The van der Waals surface area contributed by atoms with E-state index in [9.17, 15) is 9.59 Å². The highest BCUT2D eigenvalue weighted by Gasteiger charge is 2.18. The molecule has 0 atom stereocenters. The molecular formula is C11H17N3O3. The maximum Gasteiger partial charge on any atom is 0.305 e. The van der Waals surface area contributed by atoms with Crippen LogP contribution in [0.3, 0.4) is 0 Å². The highest BCUT2D eigenvalue weighted by Crippen LogP contribution is 2.10. The van der Waals surface area contributed by atoms with Gasteiger partial charge in [0.15, 0.2) is 0 Å². The Morgan fingerprint density at radius 1 is 1.53 bits per heavy atom. The van der Waals surface area contributed by atoms with E-state index in [2.05, 4.69) is 5.10 Å². The first kappa shape index (κ1) is 13.2. The van der Waals surface area contributed by atoms with Crippen molar-refractivity contribution in [2.75, 3.05) is 13.6 Å². The Balaban J connectivity index is 2.77. The van der Waals surface area contributed by atoms with E-state index in [0.717, 1.165) is 5.69 Å². The Morgan fingerprint density at radius 3 is 2.71 bits per heavy atom. The topological polar surface area (TPSA) is 75.4 Å². The molecule has 94 valence electrons. The van der Waals surface area contributed by atoms with Gasteiger partial charge in [-0.1, -0.05) is 6.92 Å². The molecule has 6 heteroatoms. The molecule has 17 heavy (non-hydrogen) atoms. The molecule has 1 N–H and O–H groups in total. The van der Waals surface area contributed by atoms with Crippen LogP contribution in [0.25, 0.3) is 0 Å². The third-order valence-corrected chi connectivity index (χ3v) is 2.48. The van der Waals surface area contributed by atoms with Gasteiger partial charge in [-0.15, -0.1) is 0 Å². The number of aryl methyl sites for hydroxylation is 2. The lowest BCUT2D eigenvalue weighted by Gasteiger charge is -2.15. The van der Waals surface area contributed by atoms with Crippen molar-refractivity contribution in [2.45, 2.75) is 19.8 Å². The molecule has 1 heterocycles. The van der Waals surface area contributed by atoms with Gasteiger partial charge in [0, 0.05) is 26.8 Å². The second-order valence-electron chi connectivity index (χ2n) is 3.89. The Hall–Kier alpha value is -1.85. The molecular weight excluding hydrogens is 222 g/mol. The van der Waals surface area contributed by atoms with Crippen LogP contribution in [0.1, 0.15) is 29.4 Å². The summed E-state index contributed by atoms with van der Waals surface area (Å²) in [6, 6.07) is 0. The van der Waals surface area contributed by atoms with Gasteiger partial charge in [-0.3, -0.25) is 14.3 Å². The summed E-state index contributed by atoms with van der Waals surface area (Å²) >= 11 is 0. The number of carbonyl (C=O) groups is 2. The lowest BCUT2D eigenvalue weighted by atomic mass is 10.2. The number of aromatic nitrogens is 2. The molecule has 0 aliphatic carbocycles. The van der Waals surface area contributed by atoms with E-state index in [1.54, 1.807) is 25.0 Å². The number of carboxylic acids is 1. The Kier molecular flexibility index (Phi) is 4.25. The Labute approximate surface area is 99.8 Å². The van der Waals surface area contributed by atoms with Crippen molar-refractivity contribution >= 4 is 11.9 Å². The van der Waals surface area contributed by atoms with Gasteiger partial charge in [0.2, 0.25) is 0 Å². The monoisotopic (exact) mass is 239 g/mol. The largest absolute Gasteiger partial charge is 0.481 e. The molecule has 0 aliphatic heterocycles. The summed E-state index contributed by atoms with van der Waals surface area (Å²) in [6.07, 6.45) is 2.29. The van der Waals surface area contributed by atoms with E-state index < -0.39 is 5.97 Å². The minimum absolute atomic E-state index is 0.0516. The van der Waals surface area contributed by atoms with Crippen molar-refractivity contribution < 1.29 is 14.7 Å². The third-order valence-electron chi connectivity index (χ3n) is 2.48. The van der Waals surface area contributed by atoms with Gasteiger partial charge in [-0.05, 0) is 6.42 Å². The fourth-order valence-electron chi connectivity index (χ4n) is 1.54. The van der Waals surface area contributed by atoms with Crippen LogP contribution in [-0.4, -0.2) is 45.3 Å². The highest BCUT2D eigenvalue weighted by atomic mass is 16.4. The first-order chi connectivity index (χ1) is 7.95. The standard InChI is InChI=1S/C11H17N3O3/c1-4-9-8(7-14(3)12-9)11(17)13(2)6-5-10(15)16/h7H,4-6H2,1-3H3,(H,15,16). The second kappa shape index (κ2) is 5.47. The predicted molar refractivity (Wildman–Crippen MR) is 61.8 cm³/mol. The Bertz CT molecular complexity index is 426. The van der Waals surface area contributed by atoms with Crippen LogP contribution in [0, 0.1) is 0 Å². The zero-order valence-electron chi connectivity index (χ0n) is 10.3. The zero-order valence-corrected chi connectivity index (χ0v) is 10.3. The third kappa shape index (κ3) is 3.30. The summed E-state index contributed by atoms with van der Waals surface area (Å²) in [5, 5.41) is 12.7. The quantitative estimate of drug-likeness (QED) is 0.813. The van der Waals surface area contributed by atoms with Gasteiger partial charge in [0.25, 0.3) is 5.91 Å². The maximum atomic E-state index is 12.0. The molecule has 0 unspecified atom stereocenters. The van der Waals surface area contributed by atoms with Crippen molar-refractivity contribution in [3.05, 3.63) is 17.5 Å². The first-order valence-corrected chi connectivity index (χ1v) is 5.45. The highest BCUT2D eigenvalue weighted by molar-refractivity contribution is 5.95. The lowest BCUT2D eigenvalue weighted by Crippen LogP contribution is -2.29. The molecule has 1 aromatic rings. The van der Waals surface area contributed by atoms with Crippen LogP contribution in [-0.2, 0) is 18.3 Å². The molecule has 0 fully saturated rings. The fourth-order valence-corrected chi connectivity index (χ4v) is 1.54. The van der Waals surface area contributed by atoms with Crippen LogP contribution in [0.2, 0.25) is 0 Å². The smallest absolute Gasteiger partial charge is 0.305 e. The van der Waals surface area contributed by atoms with E-state index in [0.29, 0.717) is 12.0 Å². The van der Waals surface area contributed by atoms with E-state index in [4.69, 9.17) is 5.11 Å². The fraction of sp³-hybridized carbons (Fsp3) is 0.545. The second-order valence-corrected chi connectivity index (χ2v) is 3.89. The van der Waals surface area contributed by atoms with Crippen LogP contribution < -0.4 is 0 Å². The number of aliphatic carboxylic acids is 1. The van der Waals surface area contributed by atoms with Crippen LogP contribution in [0.4, 0.5) is 0 Å². The molecule has 0 saturated carbocycles. The summed E-state index contributed by atoms with van der Waals surface area (Å²) in [5.74, 6) is -1.09. The summed E-state index contributed by atoms with van der Waals surface area (Å²) in [6.45, 7) is 2.13. The van der Waals surface area contributed by atoms with E-state index in [1.807, 2.05) is 6.92 Å². The molecule has 0 radical (unpaired) electrons. The van der Waals surface area contributed by atoms with Crippen molar-refractivity contribution in [3.8, 4) is 0 Å². The molecule has 0 spiro atoms. The van der Waals surface area contributed by atoms with Crippen molar-refractivity contribution in [1.29, 1.82) is 0 Å². The number of carbonyl (C=O) groups excluding carboxylic acids is 1. The van der Waals surface area contributed by atoms with Crippen molar-refractivity contribution in [3.63, 3.8) is 0 Å². The molecule has 1 aromatic heterocycles. The summed E-state index contributed by atoms with van der Waals surface area (Å²) in [5.41, 5.74) is 1.28. The summed E-state index contributed by atoms with van der Waals surface area (Å²) < 4.78 is 1.59. The first-order valence-electron chi connectivity index (χ1n) is 5.45. The molecule has 1 amide bonds. The Morgan fingerprint density at radius 2 is 2.18 bits per heavy atom. The maximum absolute atomic E-state index is 12.0. The number of hydrogen-bond donors (Lipinski definition) is 1. The average Bonchev–Trinajstić information content (AvgIpc) is 2.66. The van der Waals surface area contributed by atoms with E-state index in [-0.39, 0.29) is 18.9 Å². The van der Waals surface area contributed by atoms with Crippen LogP contribution >= 0.6 is 0 Å². The molecule has 6 nitrogen and oxygen atoms in total. The normalized spacial score (nSPS) is 10.3. The average molecular weight is 239 g/mol. The van der Waals surface area contributed by atoms with Gasteiger partial charge in [0.05, 0.1) is 17.7 Å².